The molecular formula is C16H22N6O3. The minimum absolute atomic E-state index is 0.0153. The van der Waals surface area contributed by atoms with Crippen LogP contribution in [0.15, 0.2) is 28.9 Å². The molecule has 134 valence electrons. The molecule has 0 bridgehead atoms. The van der Waals surface area contributed by atoms with E-state index in [-0.39, 0.29) is 24.9 Å². The van der Waals surface area contributed by atoms with E-state index in [4.69, 9.17) is 4.52 Å². The highest BCUT2D eigenvalue weighted by atomic mass is 16.5. The smallest absolute Gasteiger partial charge is 0.318 e. The van der Waals surface area contributed by atoms with E-state index in [0.29, 0.717) is 18.1 Å². The second kappa shape index (κ2) is 9.36. The van der Waals surface area contributed by atoms with Gasteiger partial charge in [0, 0.05) is 19.8 Å². The van der Waals surface area contributed by atoms with Crippen LogP contribution >= 0.6 is 0 Å². The van der Waals surface area contributed by atoms with Crippen LogP contribution in [0.5, 0.6) is 0 Å². The molecular weight excluding hydrogens is 324 g/mol. The van der Waals surface area contributed by atoms with Gasteiger partial charge in [0.05, 0.1) is 6.54 Å². The quantitative estimate of drug-likeness (QED) is 0.694. The summed E-state index contributed by atoms with van der Waals surface area (Å²) in [7, 11) is 1.54. The van der Waals surface area contributed by atoms with E-state index in [1.165, 1.54) is 4.90 Å². The lowest BCUT2D eigenvalue weighted by atomic mass is 10.3. The van der Waals surface area contributed by atoms with Gasteiger partial charge in [-0.1, -0.05) is 24.6 Å². The minimum atomic E-state index is -0.400. The van der Waals surface area contributed by atoms with Gasteiger partial charge in [-0.2, -0.15) is 4.98 Å². The van der Waals surface area contributed by atoms with Gasteiger partial charge in [0.1, 0.15) is 12.2 Å². The Bertz CT molecular complexity index is 688. The van der Waals surface area contributed by atoms with Crippen molar-refractivity contribution < 1.29 is 14.1 Å². The van der Waals surface area contributed by atoms with Crippen molar-refractivity contribution >= 4 is 11.9 Å². The van der Waals surface area contributed by atoms with Gasteiger partial charge in [0.15, 0.2) is 0 Å². The fraction of sp³-hybridized carbons (Fsp3) is 0.438. The Kier molecular flexibility index (Phi) is 6.87. The molecule has 0 spiro atoms. The second-order valence-electron chi connectivity index (χ2n) is 5.44. The van der Waals surface area contributed by atoms with Crippen LogP contribution in [0.4, 0.5) is 4.79 Å². The van der Waals surface area contributed by atoms with Crippen molar-refractivity contribution in [1.82, 2.24) is 30.7 Å². The fourth-order valence-electron chi connectivity index (χ4n) is 1.96. The maximum absolute atomic E-state index is 12.0. The molecule has 3 amide bonds. The number of nitrogens with one attached hydrogen (secondary N) is 2. The normalized spacial score (nSPS) is 10.3. The number of amides is 3. The Hall–Kier alpha value is -2.97. The highest BCUT2D eigenvalue weighted by Crippen LogP contribution is 2.11. The standard InChI is InChI=1S/C16H22N6O3/c1-3-4-8-18-13(23)11-22(2)16(24)19-10-14-20-15(21-25-14)12-7-5-6-9-17-12/h5-7,9H,3-4,8,10-11H2,1-2H3,(H,18,23)(H,19,24). The second-order valence-corrected chi connectivity index (χ2v) is 5.44. The Labute approximate surface area is 145 Å². The number of urea groups is 1. The topological polar surface area (TPSA) is 113 Å². The Morgan fingerprint density at radius 2 is 2.12 bits per heavy atom. The summed E-state index contributed by atoms with van der Waals surface area (Å²) in [5.74, 6) is 0.421. The first-order valence-electron chi connectivity index (χ1n) is 8.09. The lowest BCUT2D eigenvalue weighted by Gasteiger charge is -2.16. The van der Waals surface area contributed by atoms with Crippen LogP contribution in [-0.4, -0.2) is 52.1 Å². The van der Waals surface area contributed by atoms with Gasteiger partial charge < -0.3 is 20.1 Å². The SMILES string of the molecule is CCCCNC(=O)CN(C)C(=O)NCc1nc(-c2ccccn2)no1. The van der Waals surface area contributed by atoms with Gasteiger partial charge in [-0.3, -0.25) is 9.78 Å². The molecule has 0 unspecified atom stereocenters. The van der Waals surface area contributed by atoms with Gasteiger partial charge in [-0.05, 0) is 18.6 Å². The van der Waals surface area contributed by atoms with Crippen molar-refractivity contribution in [2.75, 3.05) is 20.1 Å². The molecule has 25 heavy (non-hydrogen) atoms. The number of aromatic nitrogens is 3. The first-order chi connectivity index (χ1) is 12.1. The summed E-state index contributed by atoms with van der Waals surface area (Å²) < 4.78 is 5.08. The van der Waals surface area contributed by atoms with Crippen molar-refractivity contribution in [2.45, 2.75) is 26.3 Å². The zero-order valence-electron chi connectivity index (χ0n) is 14.4. The zero-order chi connectivity index (χ0) is 18.1. The highest BCUT2D eigenvalue weighted by Gasteiger charge is 2.14. The minimum Gasteiger partial charge on any atom is -0.355 e. The summed E-state index contributed by atoms with van der Waals surface area (Å²) in [6.07, 6.45) is 3.55. The number of likely N-dealkylation sites (N-methyl/N-ethyl adjacent to an activating group) is 1. The van der Waals surface area contributed by atoms with E-state index in [1.807, 2.05) is 13.0 Å². The Morgan fingerprint density at radius 3 is 2.84 bits per heavy atom. The molecule has 0 fully saturated rings. The number of hydrogen-bond acceptors (Lipinski definition) is 6. The van der Waals surface area contributed by atoms with E-state index in [9.17, 15) is 9.59 Å². The van der Waals surface area contributed by atoms with Gasteiger partial charge in [0.2, 0.25) is 17.6 Å². The highest BCUT2D eigenvalue weighted by molar-refractivity contribution is 5.83. The number of rotatable bonds is 8. The maximum atomic E-state index is 12.0. The van der Waals surface area contributed by atoms with E-state index >= 15 is 0 Å². The molecule has 9 heteroatoms. The third-order valence-electron chi connectivity index (χ3n) is 3.33. The van der Waals surface area contributed by atoms with Gasteiger partial charge in [-0.25, -0.2) is 4.79 Å². The molecule has 0 radical (unpaired) electrons. The van der Waals surface area contributed by atoms with Crippen LogP contribution in [0, 0.1) is 0 Å². The fourth-order valence-corrected chi connectivity index (χ4v) is 1.96. The molecule has 0 aliphatic heterocycles. The summed E-state index contributed by atoms with van der Waals surface area (Å²) in [5, 5.41) is 9.20. The van der Waals surface area contributed by atoms with Gasteiger partial charge in [0.25, 0.3) is 0 Å². The molecule has 0 saturated heterocycles. The third kappa shape index (κ3) is 5.87. The number of pyridine rings is 1. The van der Waals surface area contributed by atoms with E-state index in [0.717, 1.165) is 12.8 Å². The first kappa shape index (κ1) is 18.4. The summed E-state index contributed by atoms with van der Waals surface area (Å²) >= 11 is 0. The molecule has 0 aromatic carbocycles. The van der Waals surface area contributed by atoms with Gasteiger partial charge >= 0.3 is 6.03 Å². The molecule has 2 aromatic heterocycles. The van der Waals surface area contributed by atoms with Gasteiger partial charge in [-0.15, -0.1) is 0 Å². The summed E-state index contributed by atoms with van der Waals surface area (Å²) in [6.45, 7) is 2.71. The summed E-state index contributed by atoms with van der Waals surface area (Å²) in [5.41, 5.74) is 0.588. The first-order valence-corrected chi connectivity index (χ1v) is 8.09. The van der Waals surface area contributed by atoms with E-state index in [2.05, 4.69) is 25.8 Å². The average Bonchev–Trinajstić information content (AvgIpc) is 3.09. The number of carbonyl (C=O) groups excluding carboxylic acids is 2. The molecule has 9 nitrogen and oxygen atoms in total. The van der Waals surface area contributed by atoms with Crippen molar-refractivity contribution in [1.29, 1.82) is 0 Å². The molecule has 2 heterocycles. The lowest BCUT2D eigenvalue weighted by Crippen LogP contribution is -2.43. The Morgan fingerprint density at radius 1 is 1.28 bits per heavy atom. The molecule has 0 atom stereocenters. The largest absolute Gasteiger partial charge is 0.355 e. The monoisotopic (exact) mass is 346 g/mol. The van der Waals surface area contributed by atoms with Crippen LogP contribution in [0.3, 0.4) is 0 Å². The maximum Gasteiger partial charge on any atom is 0.318 e. The van der Waals surface area contributed by atoms with Crippen molar-refractivity contribution in [3.63, 3.8) is 0 Å². The van der Waals surface area contributed by atoms with Crippen LogP contribution in [0.25, 0.3) is 11.5 Å². The molecule has 0 saturated carbocycles. The van der Waals surface area contributed by atoms with E-state index in [1.54, 1.807) is 25.4 Å². The summed E-state index contributed by atoms with van der Waals surface area (Å²) in [6, 6.07) is 4.97. The molecule has 2 N–H and O–H groups in total. The number of nitrogens with zero attached hydrogens (tertiary/aromatic N) is 4. The lowest BCUT2D eigenvalue weighted by molar-refractivity contribution is -0.121. The number of hydrogen-bond donors (Lipinski definition) is 2. The average molecular weight is 346 g/mol. The molecule has 0 aliphatic rings. The predicted octanol–water partition coefficient (Wildman–Crippen LogP) is 1.19. The van der Waals surface area contributed by atoms with E-state index < -0.39 is 6.03 Å². The van der Waals surface area contributed by atoms with Crippen LogP contribution in [0.1, 0.15) is 25.7 Å². The van der Waals surface area contributed by atoms with Crippen molar-refractivity contribution in [2.24, 2.45) is 0 Å². The van der Waals surface area contributed by atoms with Crippen LogP contribution in [0.2, 0.25) is 0 Å². The molecule has 2 aromatic rings. The number of carbonyl (C=O) groups is 2. The predicted molar refractivity (Wildman–Crippen MR) is 90.3 cm³/mol. The zero-order valence-corrected chi connectivity index (χ0v) is 14.4. The van der Waals surface area contributed by atoms with Crippen LogP contribution < -0.4 is 10.6 Å². The third-order valence-corrected chi connectivity index (χ3v) is 3.33. The number of unbranched alkanes of at least 4 members (excludes halogenated alkanes) is 1. The van der Waals surface area contributed by atoms with Crippen molar-refractivity contribution in [3.05, 3.63) is 30.3 Å². The van der Waals surface area contributed by atoms with Crippen molar-refractivity contribution in [3.8, 4) is 11.5 Å². The molecule has 0 aliphatic carbocycles. The summed E-state index contributed by atoms with van der Waals surface area (Å²) in [4.78, 5) is 33.3. The molecule has 2 rings (SSSR count). The Balaban J connectivity index is 1.78. The van der Waals surface area contributed by atoms with Crippen LogP contribution in [-0.2, 0) is 11.3 Å².